The summed E-state index contributed by atoms with van der Waals surface area (Å²) in [6, 6.07) is 10.6. The first kappa shape index (κ1) is 14.5. The first-order valence-electron chi connectivity index (χ1n) is 7.39. The van der Waals surface area contributed by atoms with E-state index in [4.69, 9.17) is 0 Å². The topological polar surface area (TPSA) is 23.5 Å². The zero-order valence-electron chi connectivity index (χ0n) is 12.5. The molecule has 1 fully saturated rings. The van der Waals surface area contributed by atoms with Gasteiger partial charge in [-0.05, 0) is 30.2 Å². The molecule has 2 rings (SSSR count). The van der Waals surface area contributed by atoms with E-state index in [2.05, 4.69) is 56.0 Å². The summed E-state index contributed by atoms with van der Waals surface area (Å²) >= 11 is 0. The van der Waals surface area contributed by atoms with Crippen LogP contribution in [0.3, 0.4) is 0 Å². The van der Waals surface area contributed by atoms with E-state index < -0.39 is 5.60 Å². The molecule has 106 valence electrons. The van der Waals surface area contributed by atoms with Crippen molar-refractivity contribution in [2.75, 3.05) is 19.6 Å². The number of likely N-dealkylation sites (tertiary alicyclic amines) is 1. The van der Waals surface area contributed by atoms with Gasteiger partial charge in [-0.3, -0.25) is 0 Å². The van der Waals surface area contributed by atoms with Gasteiger partial charge in [0, 0.05) is 19.6 Å². The molecule has 1 heterocycles. The molecule has 1 aromatic carbocycles. The van der Waals surface area contributed by atoms with Crippen molar-refractivity contribution in [2.45, 2.75) is 45.6 Å². The highest BCUT2D eigenvalue weighted by molar-refractivity contribution is 5.14. The van der Waals surface area contributed by atoms with Gasteiger partial charge in [-0.25, -0.2) is 0 Å². The van der Waals surface area contributed by atoms with Gasteiger partial charge in [0.2, 0.25) is 0 Å². The van der Waals surface area contributed by atoms with Crippen molar-refractivity contribution in [1.82, 2.24) is 4.90 Å². The smallest absolute Gasteiger partial charge is 0.0720 e. The van der Waals surface area contributed by atoms with Crippen LogP contribution < -0.4 is 0 Å². The molecule has 0 aliphatic carbocycles. The summed E-state index contributed by atoms with van der Waals surface area (Å²) in [7, 11) is 0. The van der Waals surface area contributed by atoms with Crippen molar-refractivity contribution in [3.63, 3.8) is 0 Å². The van der Waals surface area contributed by atoms with Crippen LogP contribution in [0.1, 0.15) is 39.2 Å². The number of piperidine rings is 1. The summed E-state index contributed by atoms with van der Waals surface area (Å²) < 4.78 is 0. The predicted molar refractivity (Wildman–Crippen MR) is 80.2 cm³/mol. The van der Waals surface area contributed by atoms with E-state index in [1.54, 1.807) is 0 Å². The average molecular weight is 261 g/mol. The zero-order chi connectivity index (χ0) is 13.9. The molecule has 0 radical (unpaired) electrons. The van der Waals surface area contributed by atoms with Crippen LogP contribution in [-0.4, -0.2) is 35.2 Å². The second kappa shape index (κ2) is 5.64. The quantitative estimate of drug-likeness (QED) is 0.904. The van der Waals surface area contributed by atoms with Gasteiger partial charge in [0.1, 0.15) is 0 Å². The summed E-state index contributed by atoms with van der Waals surface area (Å²) in [4.78, 5) is 2.48. The number of hydrogen-bond donors (Lipinski definition) is 1. The molecule has 1 aromatic rings. The Morgan fingerprint density at radius 3 is 2.21 bits per heavy atom. The summed E-state index contributed by atoms with van der Waals surface area (Å²) in [6.07, 6.45) is 2.89. The summed E-state index contributed by atoms with van der Waals surface area (Å²) in [5, 5.41) is 10.7. The van der Waals surface area contributed by atoms with Crippen LogP contribution in [0.4, 0.5) is 0 Å². The molecule has 0 bridgehead atoms. The molecule has 0 spiro atoms. The van der Waals surface area contributed by atoms with Crippen LogP contribution in [0, 0.1) is 5.41 Å². The van der Waals surface area contributed by atoms with Crippen LogP contribution in [-0.2, 0) is 6.42 Å². The Kier molecular flexibility index (Phi) is 4.32. The number of hydrogen-bond acceptors (Lipinski definition) is 2. The minimum atomic E-state index is -0.490. The molecule has 2 heteroatoms. The Hall–Kier alpha value is -0.860. The molecule has 1 N–H and O–H groups in total. The Labute approximate surface area is 117 Å². The summed E-state index contributed by atoms with van der Waals surface area (Å²) in [5.74, 6) is 0. The highest BCUT2D eigenvalue weighted by Crippen LogP contribution is 2.38. The number of benzene rings is 1. The lowest BCUT2D eigenvalue weighted by atomic mass is 9.71. The lowest BCUT2D eigenvalue weighted by Gasteiger charge is -2.46. The first-order valence-corrected chi connectivity index (χ1v) is 7.39. The summed E-state index contributed by atoms with van der Waals surface area (Å²) in [5.41, 5.74) is 0.897. The number of aliphatic hydroxyl groups is 1. The highest BCUT2D eigenvalue weighted by atomic mass is 16.3. The van der Waals surface area contributed by atoms with Gasteiger partial charge in [0.25, 0.3) is 0 Å². The maximum atomic E-state index is 10.7. The second-order valence-electron chi connectivity index (χ2n) is 6.86. The second-order valence-corrected chi connectivity index (χ2v) is 6.86. The SMILES string of the molecule is CC(C)(C)C1(O)CCN(CCc2ccccc2)CC1. The van der Waals surface area contributed by atoms with E-state index in [-0.39, 0.29) is 5.41 Å². The monoisotopic (exact) mass is 261 g/mol. The van der Waals surface area contributed by atoms with Crippen molar-refractivity contribution in [1.29, 1.82) is 0 Å². The van der Waals surface area contributed by atoms with Crippen molar-refractivity contribution >= 4 is 0 Å². The van der Waals surface area contributed by atoms with Gasteiger partial charge in [-0.15, -0.1) is 0 Å². The van der Waals surface area contributed by atoms with Gasteiger partial charge >= 0.3 is 0 Å². The molecular weight excluding hydrogens is 234 g/mol. The Morgan fingerprint density at radius 2 is 1.68 bits per heavy atom. The highest BCUT2D eigenvalue weighted by Gasteiger charge is 2.42. The van der Waals surface area contributed by atoms with Crippen molar-refractivity contribution in [2.24, 2.45) is 5.41 Å². The standard InChI is InChI=1S/C17H27NO/c1-16(2,3)17(19)10-13-18(14-11-17)12-9-15-7-5-4-6-8-15/h4-8,19H,9-14H2,1-3H3. The lowest BCUT2D eigenvalue weighted by molar-refractivity contribution is -0.0986. The average Bonchev–Trinajstić information content (AvgIpc) is 2.38. The predicted octanol–water partition coefficient (Wildman–Crippen LogP) is 3.10. The van der Waals surface area contributed by atoms with Gasteiger partial charge < -0.3 is 10.0 Å². The molecule has 1 aliphatic rings. The molecule has 0 atom stereocenters. The lowest BCUT2D eigenvalue weighted by Crippen LogP contribution is -2.52. The van der Waals surface area contributed by atoms with E-state index in [1.807, 2.05) is 0 Å². The minimum Gasteiger partial charge on any atom is -0.389 e. The third kappa shape index (κ3) is 3.58. The maximum Gasteiger partial charge on any atom is 0.0720 e. The summed E-state index contributed by atoms with van der Waals surface area (Å²) in [6.45, 7) is 9.57. The molecule has 0 amide bonds. The minimum absolute atomic E-state index is 0.0154. The van der Waals surface area contributed by atoms with Crippen molar-refractivity contribution in [3.05, 3.63) is 35.9 Å². The molecule has 1 saturated heterocycles. The molecule has 0 aromatic heterocycles. The Morgan fingerprint density at radius 1 is 1.11 bits per heavy atom. The van der Waals surface area contributed by atoms with E-state index in [1.165, 1.54) is 5.56 Å². The van der Waals surface area contributed by atoms with Gasteiger partial charge in [0.15, 0.2) is 0 Å². The Bertz CT molecular complexity index is 385. The van der Waals surface area contributed by atoms with Crippen molar-refractivity contribution in [3.8, 4) is 0 Å². The van der Waals surface area contributed by atoms with Gasteiger partial charge in [0.05, 0.1) is 5.60 Å². The molecule has 0 unspecified atom stereocenters. The normalized spacial score (nSPS) is 20.4. The van der Waals surface area contributed by atoms with E-state index in [9.17, 15) is 5.11 Å². The molecule has 0 saturated carbocycles. The third-order valence-corrected chi connectivity index (χ3v) is 4.64. The molecule has 2 nitrogen and oxygen atoms in total. The zero-order valence-corrected chi connectivity index (χ0v) is 12.5. The van der Waals surface area contributed by atoms with Crippen LogP contribution in [0.15, 0.2) is 30.3 Å². The van der Waals surface area contributed by atoms with Crippen LogP contribution in [0.2, 0.25) is 0 Å². The molecule has 19 heavy (non-hydrogen) atoms. The van der Waals surface area contributed by atoms with Gasteiger partial charge in [-0.2, -0.15) is 0 Å². The van der Waals surface area contributed by atoms with Gasteiger partial charge in [-0.1, -0.05) is 51.1 Å². The van der Waals surface area contributed by atoms with E-state index >= 15 is 0 Å². The maximum absolute atomic E-state index is 10.7. The first-order chi connectivity index (χ1) is 8.91. The van der Waals surface area contributed by atoms with Crippen LogP contribution >= 0.6 is 0 Å². The van der Waals surface area contributed by atoms with E-state index in [0.717, 1.165) is 38.9 Å². The fourth-order valence-electron chi connectivity index (χ4n) is 2.83. The Balaban J connectivity index is 1.81. The van der Waals surface area contributed by atoms with Crippen molar-refractivity contribution < 1.29 is 5.11 Å². The number of rotatable bonds is 3. The largest absolute Gasteiger partial charge is 0.389 e. The third-order valence-electron chi connectivity index (χ3n) is 4.64. The number of nitrogens with zero attached hydrogens (tertiary/aromatic N) is 1. The molecule has 1 aliphatic heterocycles. The van der Waals surface area contributed by atoms with Crippen LogP contribution in [0.25, 0.3) is 0 Å². The fourth-order valence-corrected chi connectivity index (χ4v) is 2.83. The molecular formula is C17H27NO. The van der Waals surface area contributed by atoms with E-state index in [0.29, 0.717) is 0 Å². The van der Waals surface area contributed by atoms with Crippen LogP contribution in [0.5, 0.6) is 0 Å². The fraction of sp³-hybridized carbons (Fsp3) is 0.647.